The van der Waals surface area contributed by atoms with Gasteiger partial charge in [0, 0.05) is 0 Å². The van der Waals surface area contributed by atoms with Gasteiger partial charge in [-0.3, -0.25) is 10.0 Å². The summed E-state index contributed by atoms with van der Waals surface area (Å²) >= 11 is 3.52. The Hall–Kier alpha value is -0.220. The molecule has 2 N–H and O–H groups in total. The lowest BCUT2D eigenvalue weighted by atomic mass is 10.8. The molecule has 0 fully saturated rings. The van der Waals surface area contributed by atoms with Crippen molar-refractivity contribution < 1.29 is 10.0 Å². The van der Waals surface area contributed by atoms with Crippen molar-refractivity contribution in [1.82, 2.24) is 5.48 Å². The van der Waals surface area contributed by atoms with Crippen LogP contribution in [0.5, 0.6) is 0 Å². The molecule has 4 heteroatoms. The highest BCUT2D eigenvalue weighted by Gasteiger charge is 1.87. The molecule has 0 bridgehead atoms. The van der Waals surface area contributed by atoms with Crippen LogP contribution in [-0.2, 0) is 4.79 Å². The molecular weight excluding hydrogens is 102 g/mol. The van der Waals surface area contributed by atoms with Crippen molar-refractivity contribution in [3.05, 3.63) is 0 Å². The van der Waals surface area contributed by atoms with E-state index in [1.165, 1.54) is 5.48 Å². The molecule has 0 aliphatic rings. The largest absolute Gasteiger partial charge is 0.289 e. The first-order valence-electron chi connectivity index (χ1n) is 1.35. The Morgan fingerprint density at radius 3 is 2.50 bits per heavy atom. The van der Waals surface area contributed by atoms with E-state index in [-0.39, 0.29) is 5.75 Å². The van der Waals surface area contributed by atoms with Crippen LogP contribution in [0.1, 0.15) is 0 Å². The summed E-state index contributed by atoms with van der Waals surface area (Å²) in [5, 5.41) is 7.69. The van der Waals surface area contributed by atoms with Crippen LogP contribution in [0.25, 0.3) is 0 Å². The molecular formula is C2H5NO2S. The van der Waals surface area contributed by atoms with E-state index in [0.29, 0.717) is 0 Å². The first kappa shape index (κ1) is 5.78. The van der Waals surface area contributed by atoms with E-state index in [0.717, 1.165) is 0 Å². The zero-order valence-corrected chi connectivity index (χ0v) is 3.90. The zero-order chi connectivity index (χ0) is 4.99. The highest BCUT2D eigenvalue weighted by molar-refractivity contribution is 7.81. The van der Waals surface area contributed by atoms with Gasteiger partial charge in [0.05, 0.1) is 5.75 Å². The predicted octanol–water partition coefficient (Wildman–Crippen LogP) is -0.578. The molecule has 1 amide bonds. The van der Waals surface area contributed by atoms with Gasteiger partial charge in [-0.05, 0) is 0 Å². The SMILES string of the molecule is O=C(CS)NO. The maximum Gasteiger partial charge on any atom is 0.253 e. The first-order chi connectivity index (χ1) is 2.81. The Kier molecular flexibility index (Phi) is 2.88. The fourth-order valence-corrected chi connectivity index (χ4v) is 0.106. The fraction of sp³-hybridized carbons (Fsp3) is 0.500. The highest BCUT2D eigenvalue weighted by Crippen LogP contribution is 1.67. The van der Waals surface area contributed by atoms with Crippen molar-refractivity contribution in [2.45, 2.75) is 0 Å². The summed E-state index contributed by atoms with van der Waals surface area (Å²) in [7, 11) is 0. The van der Waals surface area contributed by atoms with Crippen LogP contribution >= 0.6 is 12.6 Å². The standard InChI is InChI=1S/C2H5NO2S/c4-2(1-6)3-5/h5-6H,1H2,(H,3,4). The second-order valence-corrected chi connectivity index (χ2v) is 1.01. The van der Waals surface area contributed by atoms with E-state index >= 15 is 0 Å². The van der Waals surface area contributed by atoms with Crippen LogP contribution in [0.15, 0.2) is 0 Å². The Balaban J connectivity index is 2.99. The van der Waals surface area contributed by atoms with E-state index in [1.807, 2.05) is 0 Å². The molecule has 0 heterocycles. The minimum Gasteiger partial charge on any atom is -0.289 e. The maximum atomic E-state index is 9.74. The lowest BCUT2D eigenvalue weighted by molar-refractivity contribution is -0.126. The smallest absolute Gasteiger partial charge is 0.253 e. The molecule has 0 aromatic heterocycles. The van der Waals surface area contributed by atoms with Gasteiger partial charge in [0.15, 0.2) is 0 Å². The summed E-state index contributed by atoms with van der Waals surface area (Å²) in [4.78, 5) is 9.74. The lowest BCUT2D eigenvalue weighted by Crippen LogP contribution is -2.19. The summed E-state index contributed by atoms with van der Waals surface area (Å²) in [5.41, 5.74) is 1.40. The van der Waals surface area contributed by atoms with Crippen LogP contribution in [0, 0.1) is 0 Å². The molecule has 0 radical (unpaired) electrons. The van der Waals surface area contributed by atoms with Crippen LogP contribution in [-0.4, -0.2) is 16.9 Å². The Morgan fingerprint density at radius 2 is 2.50 bits per heavy atom. The Bertz CT molecular complexity index is 49.5. The van der Waals surface area contributed by atoms with E-state index in [4.69, 9.17) is 5.21 Å². The van der Waals surface area contributed by atoms with Crippen molar-refractivity contribution >= 4 is 18.5 Å². The van der Waals surface area contributed by atoms with E-state index in [9.17, 15) is 4.79 Å². The van der Waals surface area contributed by atoms with Gasteiger partial charge < -0.3 is 0 Å². The van der Waals surface area contributed by atoms with Gasteiger partial charge in [-0.15, -0.1) is 0 Å². The minimum atomic E-state index is -0.488. The van der Waals surface area contributed by atoms with Crippen molar-refractivity contribution in [2.75, 3.05) is 5.75 Å². The Morgan fingerprint density at radius 1 is 2.00 bits per heavy atom. The number of carbonyl (C=O) groups is 1. The lowest BCUT2D eigenvalue weighted by Gasteiger charge is -1.85. The molecule has 6 heavy (non-hydrogen) atoms. The normalized spacial score (nSPS) is 7.67. The van der Waals surface area contributed by atoms with E-state index in [1.54, 1.807) is 0 Å². The summed E-state index contributed by atoms with van der Waals surface area (Å²) in [6.07, 6.45) is 0. The number of hydrogen-bond acceptors (Lipinski definition) is 3. The third kappa shape index (κ3) is 2.04. The van der Waals surface area contributed by atoms with Gasteiger partial charge >= 0.3 is 0 Å². The summed E-state index contributed by atoms with van der Waals surface area (Å²) in [6, 6.07) is 0. The number of nitrogens with one attached hydrogen (secondary N) is 1. The van der Waals surface area contributed by atoms with Crippen LogP contribution in [0.4, 0.5) is 0 Å². The van der Waals surface area contributed by atoms with E-state index < -0.39 is 5.91 Å². The average molecular weight is 107 g/mol. The Labute approximate surface area is 40.7 Å². The number of hydrogen-bond donors (Lipinski definition) is 3. The summed E-state index contributed by atoms with van der Waals surface area (Å²) < 4.78 is 0. The fourth-order valence-electron chi connectivity index (χ4n) is 0.0354. The number of rotatable bonds is 1. The predicted molar refractivity (Wildman–Crippen MR) is 23.8 cm³/mol. The molecule has 0 saturated carbocycles. The monoisotopic (exact) mass is 107 g/mol. The topological polar surface area (TPSA) is 49.3 Å². The molecule has 0 aromatic rings. The summed E-state index contributed by atoms with van der Waals surface area (Å²) in [5.74, 6) is -0.463. The molecule has 3 nitrogen and oxygen atoms in total. The average Bonchev–Trinajstić information content (AvgIpc) is 1.65. The number of hydroxylamine groups is 1. The minimum absolute atomic E-state index is 0.0243. The molecule has 0 rings (SSSR count). The third-order valence-electron chi connectivity index (χ3n) is 0.268. The molecule has 0 aromatic carbocycles. The van der Waals surface area contributed by atoms with Crippen molar-refractivity contribution in [2.24, 2.45) is 0 Å². The molecule has 0 unspecified atom stereocenters. The number of amides is 1. The summed E-state index contributed by atoms with van der Waals surface area (Å²) in [6.45, 7) is 0. The van der Waals surface area contributed by atoms with Crippen LogP contribution in [0.2, 0.25) is 0 Å². The van der Waals surface area contributed by atoms with Gasteiger partial charge in [0.2, 0.25) is 0 Å². The van der Waals surface area contributed by atoms with E-state index in [2.05, 4.69) is 12.6 Å². The second-order valence-electron chi connectivity index (χ2n) is 0.693. The maximum absolute atomic E-state index is 9.74. The first-order valence-corrected chi connectivity index (χ1v) is 1.98. The van der Waals surface area contributed by atoms with Crippen molar-refractivity contribution in [3.8, 4) is 0 Å². The molecule has 0 aliphatic carbocycles. The molecule has 36 valence electrons. The third-order valence-corrected chi connectivity index (χ3v) is 0.556. The number of thiol groups is 1. The second kappa shape index (κ2) is 2.99. The quantitative estimate of drug-likeness (QED) is 0.238. The van der Waals surface area contributed by atoms with Gasteiger partial charge in [0.25, 0.3) is 5.91 Å². The van der Waals surface area contributed by atoms with Gasteiger partial charge in [-0.1, -0.05) is 0 Å². The van der Waals surface area contributed by atoms with Gasteiger partial charge in [0.1, 0.15) is 0 Å². The molecule has 0 saturated heterocycles. The van der Waals surface area contributed by atoms with Gasteiger partial charge in [-0.2, -0.15) is 12.6 Å². The molecule has 0 spiro atoms. The highest BCUT2D eigenvalue weighted by atomic mass is 32.1. The van der Waals surface area contributed by atoms with Crippen molar-refractivity contribution in [3.63, 3.8) is 0 Å². The van der Waals surface area contributed by atoms with Crippen LogP contribution < -0.4 is 5.48 Å². The zero-order valence-electron chi connectivity index (χ0n) is 3.01. The van der Waals surface area contributed by atoms with Crippen LogP contribution in [0.3, 0.4) is 0 Å². The van der Waals surface area contributed by atoms with Crippen molar-refractivity contribution in [1.29, 1.82) is 0 Å². The molecule has 0 atom stereocenters. The number of carbonyl (C=O) groups excluding carboxylic acids is 1. The molecule has 0 aliphatic heterocycles. The van der Waals surface area contributed by atoms with Gasteiger partial charge in [-0.25, -0.2) is 5.48 Å².